The van der Waals surface area contributed by atoms with Crippen LogP contribution < -0.4 is 15.0 Å². The van der Waals surface area contributed by atoms with Crippen molar-refractivity contribution in [3.8, 4) is 5.75 Å². The molecule has 0 unspecified atom stereocenters. The Morgan fingerprint density at radius 3 is 2.28 bits per heavy atom. The number of para-hydroxylation sites is 1. The molecule has 0 aromatic heterocycles. The van der Waals surface area contributed by atoms with Crippen LogP contribution in [0.3, 0.4) is 0 Å². The minimum atomic E-state index is -0.0607. The Hall–Kier alpha value is -2.69. The molecule has 2 aromatic rings. The molecule has 1 N–H and O–H groups in total. The molecular formula is C20H25N3O2. The lowest BCUT2D eigenvalue weighted by Crippen LogP contribution is -2.50. The second kappa shape index (κ2) is 7.47. The second-order valence-corrected chi connectivity index (χ2v) is 6.38. The van der Waals surface area contributed by atoms with Gasteiger partial charge in [-0.15, -0.1) is 0 Å². The topological polar surface area (TPSA) is 44.8 Å². The molecule has 1 aliphatic heterocycles. The van der Waals surface area contributed by atoms with Gasteiger partial charge in [-0.2, -0.15) is 0 Å². The first-order chi connectivity index (χ1) is 12.1. The fourth-order valence-corrected chi connectivity index (χ4v) is 3.34. The van der Waals surface area contributed by atoms with E-state index in [1.165, 1.54) is 16.8 Å². The monoisotopic (exact) mass is 339 g/mol. The molecule has 1 aliphatic rings. The van der Waals surface area contributed by atoms with Crippen molar-refractivity contribution in [1.82, 2.24) is 4.90 Å². The van der Waals surface area contributed by atoms with Crippen molar-refractivity contribution in [1.29, 1.82) is 0 Å². The molecule has 132 valence electrons. The number of benzene rings is 2. The van der Waals surface area contributed by atoms with E-state index in [-0.39, 0.29) is 6.03 Å². The number of piperazine rings is 1. The van der Waals surface area contributed by atoms with Crippen LogP contribution >= 0.6 is 0 Å². The van der Waals surface area contributed by atoms with Crippen molar-refractivity contribution >= 4 is 17.4 Å². The number of hydrogen-bond donors (Lipinski definition) is 1. The third kappa shape index (κ3) is 3.87. The van der Waals surface area contributed by atoms with E-state index in [1.807, 2.05) is 29.2 Å². The van der Waals surface area contributed by atoms with Crippen LogP contribution in [0.15, 0.2) is 42.5 Å². The van der Waals surface area contributed by atoms with Crippen LogP contribution in [-0.4, -0.2) is 44.2 Å². The van der Waals surface area contributed by atoms with Crippen LogP contribution in [0, 0.1) is 13.8 Å². The zero-order valence-electron chi connectivity index (χ0n) is 15.1. The average molecular weight is 339 g/mol. The number of nitrogens with zero attached hydrogens (tertiary/aromatic N) is 2. The average Bonchev–Trinajstić information content (AvgIpc) is 2.62. The molecule has 0 bridgehead atoms. The van der Waals surface area contributed by atoms with E-state index in [9.17, 15) is 4.79 Å². The standard InChI is InChI=1S/C20H25N3O2/c1-15-6-4-7-16(2)19(15)22-10-12-23(13-11-22)20(24)21-17-8-5-9-18(14-17)25-3/h4-9,14H,10-13H2,1-3H3,(H,21,24). The van der Waals surface area contributed by atoms with Gasteiger partial charge in [-0.25, -0.2) is 4.79 Å². The van der Waals surface area contributed by atoms with Crippen LogP contribution in [0.25, 0.3) is 0 Å². The van der Waals surface area contributed by atoms with Gasteiger partial charge in [-0.1, -0.05) is 24.3 Å². The summed E-state index contributed by atoms with van der Waals surface area (Å²) in [5.74, 6) is 0.734. The summed E-state index contributed by atoms with van der Waals surface area (Å²) in [6.45, 7) is 7.40. The predicted octanol–water partition coefficient (Wildman–Crippen LogP) is 3.67. The van der Waals surface area contributed by atoms with Gasteiger partial charge in [0.25, 0.3) is 0 Å². The maximum atomic E-state index is 12.5. The number of carbonyl (C=O) groups is 1. The van der Waals surface area contributed by atoms with E-state index in [2.05, 4.69) is 42.3 Å². The molecule has 2 amide bonds. The Kier molecular flexibility index (Phi) is 5.12. The molecule has 1 saturated heterocycles. The first-order valence-corrected chi connectivity index (χ1v) is 8.59. The van der Waals surface area contributed by atoms with Crippen LogP contribution in [0.5, 0.6) is 5.75 Å². The minimum Gasteiger partial charge on any atom is -0.497 e. The molecule has 5 heteroatoms. The summed E-state index contributed by atoms with van der Waals surface area (Å²) in [4.78, 5) is 16.7. The number of anilines is 2. The summed E-state index contributed by atoms with van der Waals surface area (Å²) in [7, 11) is 1.62. The smallest absolute Gasteiger partial charge is 0.321 e. The molecule has 0 saturated carbocycles. The Labute approximate surface area is 149 Å². The lowest BCUT2D eigenvalue weighted by atomic mass is 10.1. The molecule has 5 nitrogen and oxygen atoms in total. The van der Waals surface area contributed by atoms with Crippen LogP contribution in [0.1, 0.15) is 11.1 Å². The van der Waals surface area contributed by atoms with Crippen molar-refractivity contribution in [2.45, 2.75) is 13.8 Å². The molecular weight excluding hydrogens is 314 g/mol. The highest BCUT2D eigenvalue weighted by molar-refractivity contribution is 5.89. The molecule has 1 heterocycles. The number of amides is 2. The van der Waals surface area contributed by atoms with E-state index in [0.29, 0.717) is 13.1 Å². The Balaban J connectivity index is 1.61. The maximum Gasteiger partial charge on any atom is 0.321 e. The van der Waals surface area contributed by atoms with Crippen molar-refractivity contribution in [3.05, 3.63) is 53.6 Å². The number of aryl methyl sites for hydroxylation is 2. The molecule has 0 spiro atoms. The largest absolute Gasteiger partial charge is 0.497 e. The van der Waals surface area contributed by atoms with E-state index in [1.54, 1.807) is 7.11 Å². The van der Waals surface area contributed by atoms with Crippen LogP contribution in [-0.2, 0) is 0 Å². The van der Waals surface area contributed by atoms with Gasteiger partial charge in [-0.05, 0) is 37.1 Å². The second-order valence-electron chi connectivity index (χ2n) is 6.38. The Morgan fingerprint density at radius 2 is 1.64 bits per heavy atom. The van der Waals surface area contributed by atoms with Gasteiger partial charge in [0, 0.05) is 43.6 Å². The van der Waals surface area contributed by atoms with Gasteiger partial charge in [0.15, 0.2) is 0 Å². The summed E-state index contributed by atoms with van der Waals surface area (Å²) in [6.07, 6.45) is 0. The summed E-state index contributed by atoms with van der Waals surface area (Å²) in [6, 6.07) is 13.7. The number of methoxy groups -OCH3 is 1. The van der Waals surface area contributed by atoms with E-state index in [4.69, 9.17) is 4.74 Å². The number of hydrogen-bond acceptors (Lipinski definition) is 3. The van der Waals surface area contributed by atoms with E-state index >= 15 is 0 Å². The molecule has 0 atom stereocenters. The lowest BCUT2D eigenvalue weighted by molar-refractivity contribution is 0.208. The molecule has 25 heavy (non-hydrogen) atoms. The first-order valence-electron chi connectivity index (χ1n) is 8.59. The molecule has 1 fully saturated rings. The Morgan fingerprint density at radius 1 is 1.00 bits per heavy atom. The normalized spacial score (nSPS) is 14.4. The van der Waals surface area contributed by atoms with E-state index < -0.39 is 0 Å². The van der Waals surface area contributed by atoms with E-state index in [0.717, 1.165) is 24.5 Å². The Bertz CT molecular complexity index is 732. The molecule has 2 aromatic carbocycles. The van der Waals surface area contributed by atoms with Crippen LogP contribution in [0.4, 0.5) is 16.2 Å². The number of nitrogens with one attached hydrogen (secondary N) is 1. The van der Waals surface area contributed by atoms with Gasteiger partial charge in [0.2, 0.25) is 0 Å². The van der Waals surface area contributed by atoms with Crippen molar-refractivity contribution in [3.63, 3.8) is 0 Å². The summed E-state index contributed by atoms with van der Waals surface area (Å²) in [5, 5.41) is 2.95. The first kappa shape index (κ1) is 17.1. The summed E-state index contributed by atoms with van der Waals surface area (Å²) < 4.78 is 5.20. The highest BCUT2D eigenvalue weighted by atomic mass is 16.5. The zero-order chi connectivity index (χ0) is 17.8. The highest BCUT2D eigenvalue weighted by Crippen LogP contribution is 2.25. The van der Waals surface area contributed by atoms with Crippen molar-refractivity contribution < 1.29 is 9.53 Å². The quantitative estimate of drug-likeness (QED) is 0.928. The summed E-state index contributed by atoms with van der Waals surface area (Å²) >= 11 is 0. The van der Waals surface area contributed by atoms with Gasteiger partial charge >= 0.3 is 6.03 Å². The SMILES string of the molecule is COc1cccc(NC(=O)N2CCN(c3c(C)cccc3C)CC2)c1. The molecule has 0 aliphatic carbocycles. The van der Waals surface area contributed by atoms with Gasteiger partial charge in [-0.3, -0.25) is 0 Å². The number of ether oxygens (including phenoxy) is 1. The number of rotatable bonds is 3. The van der Waals surface area contributed by atoms with Crippen LogP contribution in [0.2, 0.25) is 0 Å². The molecule has 0 radical (unpaired) electrons. The van der Waals surface area contributed by atoms with Gasteiger partial charge in [0.05, 0.1) is 7.11 Å². The zero-order valence-corrected chi connectivity index (χ0v) is 15.1. The highest BCUT2D eigenvalue weighted by Gasteiger charge is 2.23. The predicted molar refractivity (Wildman–Crippen MR) is 102 cm³/mol. The van der Waals surface area contributed by atoms with Gasteiger partial charge in [0.1, 0.15) is 5.75 Å². The lowest BCUT2D eigenvalue weighted by Gasteiger charge is -2.37. The minimum absolute atomic E-state index is 0.0607. The fraction of sp³-hybridized carbons (Fsp3) is 0.350. The maximum absolute atomic E-state index is 12.5. The molecule has 3 rings (SSSR count). The third-order valence-corrected chi connectivity index (χ3v) is 4.64. The van der Waals surface area contributed by atoms with Crippen molar-refractivity contribution in [2.75, 3.05) is 43.5 Å². The van der Waals surface area contributed by atoms with Crippen molar-refractivity contribution in [2.24, 2.45) is 0 Å². The fourth-order valence-electron chi connectivity index (χ4n) is 3.34. The number of urea groups is 1. The number of carbonyl (C=O) groups excluding carboxylic acids is 1. The van der Waals surface area contributed by atoms with Gasteiger partial charge < -0.3 is 19.9 Å². The summed E-state index contributed by atoms with van der Waals surface area (Å²) in [5.41, 5.74) is 4.63. The third-order valence-electron chi connectivity index (χ3n) is 4.64.